The summed E-state index contributed by atoms with van der Waals surface area (Å²) < 4.78 is 51.3. The second kappa shape index (κ2) is 8.15. The zero-order valence-corrected chi connectivity index (χ0v) is 19.5. The topological polar surface area (TPSA) is 48.4 Å². The van der Waals surface area contributed by atoms with Crippen molar-refractivity contribution in [3.05, 3.63) is 53.3 Å². The van der Waals surface area contributed by atoms with E-state index in [1.807, 2.05) is 12.1 Å². The van der Waals surface area contributed by atoms with E-state index in [1.54, 1.807) is 12.1 Å². The van der Waals surface area contributed by atoms with Gasteiger partial charge in [-0.05, 0) is 40.9 Å². The SMILES string of the molecule is CC(C)(C)[Si](C)(C)OCc1cc(C(F)(F)F)ncc1-c1ccc(C2(C=O)COC2)cc1. The van der Waals surface area contributed by atoms with Gasteiger partial charge in [-0.3, -0.25) is 4.98 Å². The molecule has 0 spiro atoms. The van der Waals surface area contributed by atoms with E-state index >= 15 is 0 Å². The van der Waals surface area contributed by atoms with Crippen LogP contribution in [0.3, 0.4) is 0 Å². The predicted molar refractivity (Wildman–Crippen MR) is 115 cm³/mol. The Morgan fingerprint density at radius 1 is 1.16 bits per heavy atom. The molecule has 1 fully saturated rings. The molecule has 0 saturated carbocycles. The molecule has 31 heavy (non-hydrogen) atoms. The fourth-order valence-corrected chi connectivity index (χ4v) is 4.06. The number of rotatable bonds is 6. The van der Waals surface area contributed by atoms with E-state index in [4.69, 9.17) is 9.16 Å². The third kappa shape index (κ3) is 4.76. The van der Waals surface area contributed by atoms with Gasteiger partial charge in [0.05, 0.1) is 25.2 Å². The van der Waals surface area contributed by atoms with Crippen molar-refractivity contribution in [3.63, 3.8) is 0 Å². The van der Waals surface area contributed by atoms with Crippen molar-refractivity contribution < 1.29 is 27.1 Å². The number of aldehydes is 1. The van der Waals surface area contributed by atoms with E-state index in [1.165, 1.54) is 6.20 Å². The summed E-state index contributed by atoms with van der Waals surface area (Å²) in [5.74, 6) is 0. The zero-order valence-electron chi connectivity index (χ0n) is 18.5. The van der Waals surface area contributed by atoms with Crippen LogP contribution in [0.2, 0.25) is 18.1 Å². The van der Waals surface area contributed by atoms with Crippen LogP contribution in [0.15, 0.2) is 36.5 Å². The van der Waals surface area contributed by atoms with Crippen LogP contribution in [0, 0.1) is 0 Å². The molecule has 0 radical (unpaired) electrons. The highest BCUT2D eigenvalue weighted by Gasteiger charge is 2.40. The number of aromatic nitrogens is 1. The van der Waals surface area contributed by atoms with Gasteiger partial charge in [0.1, 0.15) is 12.0 Å². The fraction of sp³-hybridized carbons (Fsp3) is 0.478. The first kappa shape index (κ1) is 23.6. The molecule has 168 valence electrons. The van der Waals surface area contributed by atoms with Gasteiger partial charge in [-0.25, -0.2) is 0 Å². The van der Waals surface area contributed by atoms with Crippen LogP contribution >= 0.6 is 0 Å². The molecule has 2 heterocycles. The molecule has 3 rings (SSSR count). The van der Waals surface area contributed by atoms with Crippen molar-refractivity contribution in [2.75, 3.05) is 13.2 Å². The number of carbonyl (C=O) groups excluding carboxylic acids is 1. The largest absolute Gasteiger partial charge is 0.433 e. The third-order valence-corrected chi connectivity index (χ3v) is 10.9. The maximum Gasteiger partial charge on any atom is 0.433 e. The molecule has 0 N–H and O–H groups in total. The Morgan fingerprint density at radius 3 is 2.23 bits per heavy atom. The van der Waals surface area contributed by atoms with Gasteiger partial charge in [0.2, 0.25) is 0 Å². The molecule has 8 heteroatoms. The van der Waals surface area contributed by atoms with Crippen LogP contribution in [0.5, 0.6) is 0 Å². The van der Waals surface area contributed by atoms with Crippen LogP contribution in [-0.4, -0.2) is 32.8 Å². The van der Waals surface area contributed by atoms with Gasteiger partial charge in [0.25, 0.3) is 0 Å². The molecule has 4 nitrogen and oxygen atoms in total. The van der Waals surface area contributed by atoms with Crippen molar-refractivity contribution in [1.29, 1.82) is 0 Å². The lowest BCUT2D eigenvalue weighted by Crippen LogP contribution is -2.48. The van der Waals surface area contributed by atoms with Crippen LogP contribution in [-0.2, 0) is 32.2 Å². The van der Waals surface area contributed by atoms with Gasteiger partial charge in [0.15, 0.2) is 8.32 Å². The minimum Gasteiger partial charge on any atom is -0.413 e. The molecule has 1 aromatic heterocycles. The lowest BCUT2D eigenvalue weighted by Gasteiger charge is -2.37. The molecule has 0 bridgehead atoms. The summed E-state index contributed by atoms with van der Waals surface area (Å²) in [6.45, 7) is 11.1. The molecule has 0 unspecified atom stereocenters. The normalized spacial score (nSPS) is 16.6. The maximum atomic E-state index is 13.3. The molecule has 0 aliphatic carbocycles. The first-order valence-corrected chi connectivity index (χ1v) is 13.0. The monoisotopic (exact) mass is 451 g/mol. The number of ether oxygens (including phenoxy) is 1. The molecule has 0 atom stereocenters. The van der Waals surface area contributed by atoms with Crippen molar-refractivity contribution >= 4 is 14.6 Å². The first-order valence-electron chi connectivity index (χ1n) is 10.1. The van der Waals surface area contributed by atoms with E-state index in [0.29, 0.717) is 24.3 Å². The van der Waals surface area contributed by atoms with Crippen molar-refractivity contribution in [1.82, 2.24) is 4.98 Å². The maximum absolute atomic E-state index is 13.3. The summed E-state index contributed by atoms with van der Waals surface area (Å²) >= 11 is 0. The Morgan fingerprint density at radius 2 is 1.77 bits per heavy atom. The average Bonchev–Trinajstić information content (AvgIpc) is 2.65. The van der Waals surface area contributed by atoms with Gasteiger partial charge in [-0.15, -0.1) is 0 Å². The highest BCUT2D eigenvalue weighted by molar-refractivity contribution is 6.74. The van der Waals surface area contributed by atoms with Crippen molar-refractivity contribution in [3.8, 4) is 11.1 Å². The Labute approximate surface area is 181 Å². The molecule has 1 aromatic carbocycles. The smallest absolute Gasteiger partial charge is 0.413 e. The number of nitrogens with zero attached hydrogens (tertiary/aromatic N) is 1. The Kier molecular flexibility index (Phi) is 6.21. The Bertz CT molecular complexity index is 946. The molecule has 1 aliphatic rings. The van der Waals surface area contributed by atoms with E-state index in [-0.39, 0.29) is 11.6 Å². The molecule has 0 amide bonds. The van der Waals surface area contributed by atoms with Gasteiger partial charge < -0.3 is 14.0 Å². The predicted octanol–water partition coefficient (Wildman–Crippen LogP) is 5.76. The van der Waals surface area contributed by atoms with E-state index in [2.05, 4.69) is 38.8 Å². The number of carbonyl (C=O) groups is 1. The summed E-state index contributed by atoms with van der Waals surface area (Å²) in [4.78, 5) is 15.2. The van der Waals surface area contributed by atoms with Gasteiger partial charge in [-0.2, -0.15) is 13.2 Å². The van der Waals surface area contributed by atoms with Crippen LogP contribution < -0.4 is 0 Å². The number of hydrogen-bond acceptors (Lipinski definition) is 4. The second-order valence-corrected chi connectivity index (χ2v) is 14.4. The standard InChI is InChI=1S/C23H28F3NO3Si/c1-21(2,3)31(4,5)30-12-17-10-20(23(24,25)26)27-11-19(17)16-6-8-18(9-7-16)22(13-28)14-29-15-22/h6-11,13H,12,14-15H2,1-5H3. The number of benzene rings is 1. The first-order chi connectivity index (χ1) is 14.3. The van der Waals surface area contributed by atoms with E-state index < -0.39 is 25.6 Å². The zero-order chi connectivity index (χ0) is 23.1. The number of pyridine rings is 1. The van der Waals surface area contributed by atoms with E-state index in [9.17, 15) is 18.0 Å². The minimum atomic E-state index is -4.53. The quantitative estimate of drug-likeness (QED) is 0.414. The summed E-state index contributed by atoms with van der Waals surface area (Å²) in [6, 6.07) is 8.33. The fourth-order valence-electron chi connectivity index (χ4n) is 3.11. The molecular formula is C23H28F3NO3Si. The Balaban J connectivity index is 1.96. The number of halogens is 3. The van der Waals surface area contributed by atoms with Crippen LogP contribution in [0.1, 0.15) is 37.6 Å². The van der Waals surface area contributed by atoms with Gasteiger partial charge in [-0.1, -0.05) is 45.0 Å². The van der Waals surface area contributed by atoms with Crippen LogP contribution in [0.25, 0.3) is 11.1 Å². The Hall–Kier alpha value is -2.03. The summed E-state index contributed by atoms with van der Waals surface area (Å²) in [7, 11) is -2.17. The van der Waals surface area contributed by atoms with Crippen molar-refractivity contribution in [2.45, 2.75) is 57.1 Å². The van der Waals surface area contributed by atoms with Crippen molar-refractivity contribution in [2.24, 2.45) is 0 Å². The molecule has 2 aromatic rings. The van der Waals surface area contributed by atoms with Crippen LogP contribution in [0.4, 0.5) is 13.2 Å². The molecule has 1 aliphatic heterocycles. The second-order valence-electron chi connectivity index (χ2n) is 9.62. The van der Waals surface area contributed by atoms with Gasteiger partial charge >= 0.3 is 6.18 Å². The summed E-state index contributed by atoms with van der Waals surface area (Å²) in [5.41, 5.74) is 1.01. The van der Waals surface area contributed by atoms with E-state index in [0.717, 1.165) is 23.5 Å². The lowest BCUT2D eigenvalue weighted by molar-refractivity contribution is -0.141. The number of hydrogen-bond donors (Lipinski definition) is 0. The molecular weight excluding hydrogens is 423 g/mol. The third-order valence-electron chi connectivity index (χ3n) is 6.39. The molecule has 1 saturated heterocycles. The highest BCUT2D eigenvalue weighted by atomic mass is 28.4. The van der Waals surface area contributed by atoms with Gasteiger partial charge in [0, 0.05) is 11.8 Å². The summed E-state index contributed by atoms with van der Waals surface area (Å²) in [6.07, 6.45) is -2.39. The summed E-state index contributed by atoms with van der Waals surface area (Å²) in [5, 5.41) is -0.0668. The lowest BCUT2D eigenvalue weighted by atomic mass is 9.79. The number of alkyl halides is 3. The highest BCUT2D eigenvalue weighted by Crippen LogP contribution is 2.39. The minimum absolute atomic E-state index is 0.0668. The average molecular weight is 452 g/mol.